The van der Waals surface area contributed by atoms with Gasteiger partial charge >= 0.3 is 0 Å². The highest BCUT2D eigenvalue weighted by molar-refractivity contribution is 6.31. The van der Waals surface area contributed by atoms with E-state index in [-0.39, 0.29) is 0 Å². The first kappa shape index (κ1) is 17.7. The van der Waals surface area contributed by atoms with Gasteiger partial charge in [0.2, 0.25) is 0 Å². The van der Waals surface area contributed by atoms with Crippen LogP contribution in [0.25, 0.3) is 22.3 Å². The SMILES string of the molecule is Cc1c(-c2ccc(Cl)cc2)c(N)cc(-c2ccc(Cl)cc2)c1N(C)C. The Morgan fingerprint density at radius 3 is 1.76 bits per heavy atom. The van der Waals surface area contributed by atoms with Gasteiger partial charge in [-0.2, -0.15) is 0 Å². The first-order valence-corrected chi connectivity index (χ1v) is 8.76. The lowest BCUT2D eigenvalue weighted by atomic mass is 9.91. The zero-order valence-electron chi connectivity index (χ0n) is 14.5. The molecule has 0 aromatic heterocycles. The smallest absolute Gasteiger partial charge is 0.0478 e. The third-order valence-electron chi connectivity index (χ3n) is 4.31. The second kappa shape index (κ2) is 6.99. The Hall–Kier alpha value is -2.16. The summed E-state index contributed by atoms with van der Waals surface area (Å²) in [5.74, 6) is 0. The van der Waals surface area contributed by atoms with E-state index in [1.54, 1.807) is 0 Å². The van der Waals surface area contributed by atoms with Gasteiger partial charge in [-0.25, -0.2) is 0 Å². The van der Waals surface area contributed by atoms with Crippen LogP contribution in [0.15, 0.2) is 54.6 Å². The standard InChI is InChI=1S/C21H20Cl2N2/c1-13-20(15-6-10-17(23)11-7-15)19(24)12-18(21(13)25(2)3)14-4-8-16(22)9-5-14/h4-12H,24H2,1-3H3. The second-order valence-corrected chi connectivity index (χ2v) is 7.14. The lowest BCUT2D eigenvalue weighted by Crippen LogP contribution is -2.13. The normalized spacial score (nSPS) is 10.8. The number of nitrogen functional groups attached to an aromatic ring is 1. The van der Waals surface area contributed by atoms with Crippen molar-refractivity contribution in [3.8, 4) is 22.3 Å². The van der Waals surface area contributed by atoms with E-state index in [0.29, 0.717) is 5.02 Å². The molecule has 0 aliphatic rings. The number of anilines is 2. The summed E-state index contributed by atoms with van der Waals surface area (Å²) in [6, 6.07) is 17.7. The van der Waals surface area contributed by atoms with Gasteiger partial charge < -0.3 is 10.6 Å². The molecule has 0 atom stereocenters. The minimum atomic E-state index is 0.714. The van der Waals surface area contributed by atoms with Crippen molar-refractivity contribution < 1.29 is 0 Å². The molecule has 0 radical (unpaired) electrons. The van der Waals surface area contributed by atoms with Gasteiger partial charge in [0, 0.05) is 46.6 Å². The summed E-state index contributed by atoms with van der Waals surface area (Å²) in [5, 5.41) is 1.43. The van der Waals surface area contributed by atoms with Crippen LogP contribution >= 0.6 is 23.2 Å². The average Bonchev–Trinajstić information content (AvgIpc) is 2.56. The van der Waals surface area contributed by atoms with Gasteiger partial charge in [0.05, 0.1) is 0 Å². The summed E-state index contributed by atoms with van der Waals surface area (Å²) < 4.78 is 0. The molecule has 0 heterocycles. The highest BCUT2D eigenvalue weighted by Gasteiger charge is 2.17. The predicted molar refractivity (Wildman–Crippen MR) is 111 cm³/mol. The summed E-state index contributed by atoms with van der Waals surface area (Å²) >= 11 is 12.1. The molecule has 3 rings (SSSR count). The predicted octanol–water partition coefficient (Wildman–Crippen LogP) is 6.28. The average molecular weight is 371 g/mol. The number of nitrogens with two attached hydrogens (primary N) is 1. The van der Waals surface area contributed by atoms with Crippen LogP contribution in [0.2, 0.25) is 10.0 Å². The first-order valence-electron chi connectivity index (χ1n) is 8.00. The number of hydrogen-bond acceptors (Lipinski definition) is 2. The first-order chi connectivity index (χ1) is 11.9. The van der Waals surface area contributed by atoms with E-state index in [1.165, 1.54) is 0 Å². The van der Waals surface area contributed by atoms with Crippen molar-refractivity contribution in [3.63, 3.8) is 0 Å². The fourth-order valence-corrected chi connectivity index (χ4v) is 3.51. The molecular formula is C21H20Cl2N2. The summed E-state index contributed by atoms with van der Waals surface area (Å²) in [4.78, 5) is 2.12. The zero-order chi connectivity index (χ0) is 18.1. The minimum absolute atomic E-state index is 0.714. The van der Waals surface area contributed by atoms with Gasteiger partial charge in [0.15, 0.2) is 0 Å². The van der Waals surface area contributed by atoms with Crippen molar-refractivity contribution in [2.75, 3.05) is 24.7 Å². The molecule has 0 aliphatic heterocycles. The van der Waals surface area contributed by atoms with Crippen LogP contribution in [-0.2, 0) is 0 Å². The Kier molecular flexibility index (Phi) is 4.94. The molecule has 0 saturated heterocycles. The van der Waals surface area contributed by atoms with Crippen LogP contribution in [0.1, 0.15) is 5.56 Å². The fourth-order valence-electron chi connectivity index (χ4n) is 3.26. The highest BCUT2D eigenvalue weighted by atomic mass is 35.5. The fraction of sp³-hybridized carbons (Fsp3) is 0.143. The van der Waals surface area contributed by atoms with Gasteiger partial charge in [0.1, 0.15) is 0 Å². The summed E-state index contributed by atoms with van der Waals surface area (Å²) in [6.45, 7) is 2.11. The molecule has 4 heteroatoms. The molecule has 128 valence electrons. The molecule has 0 bridgehead atoms. The van der Waals surface area contributed by atoms with E-state index in [1.807, 2.05) is 68.7 Å². The molecule has 3 aromatic carbocycles. The van der Waals surface area contributed by atoms with E-state index < -0.39 is 0 Å². The summed E-state index contributed by atoms with van der Waals surface area (Å²) in [7, 11) is 4.09. The molecule has 0 fully saturated rings. The van der Waals surface area contributed by atoms with Crippen LogP contribution in [0, 0.1) is 6.92 Å². The van der Waals surface area contributed by atoms with E-state index in [9.17, 15) is 0 Å². The van der Waals surface area contributed by atoms with Crippen LogP contribution in [0.5, 0.6) is 0 Å². The lowest BCUT2D eigenvalue weighted by Gasteiger charge is -2.24. The van der Waals surface area contributed by atoms with E-state index in [4.69, 9.17) is 28.9 Å². The Balaban J connectivity index is 2.26. The molecule has 0 spiro atoms. The van der Waals surface area contributed by atoms with E-state index >= 15 is 0 Å². The lowest BCUT2D eigenvalue weighted by molar-refractivity contribution is 1.12. The molecule has 0 aliphatic carbocycles. The van der Waals surface area contributed by atoms with Crippen molar-refractivity contribution in [1.29, 1.82) is 0 Å². The van der Waals surface area contributed by atoms with E-state index in [0.717, 1.165) is 44.2 Å². The molecule has 25 heavy (non-hydrogen) atoms. The monoisotopic (exact) mass is 370 g/mol. The van der Waals surface area contributed by atoms with Crippen molar-refractivity contribution in [3.05, 3.63) is 70.2 Å². The van der Waals surface area contributed by atoms with Crippen LogP contribution in [-0.4, -0.2) is 14.1 Å². The van der Waals surface area contributed by atoms with Crippen molar-refractivity contribution in [2.24, 2.45) is 0 Å². The number of hydrogen-bond donors (Lipinski definition) is 1. The Labute approximate surface area is 158 Å². The topological polar surface area (TPSA) is 29.3 Å². The Morgan fingerprint density at radius 2 is 1.28 bits per heavy atom. The number of rotatable bonds is 3. The molecular weight excluding hydrogens is 351 g/mol. The van der Waals surface area contributed by atoms with Crippen LogP contribution in [0.3, 0.4) is 0 Å². The maximum atomic E-state index is 6.45. The number of nitrogens with zero attached hydrogens (tertiary/aromatic N) is 1. The van der Waals surface area contributed by atoms with Crippen molar-refractivity contribution >= 4 is 34.6 Å². The van der Waals surface area contributed by atoms with Gasteiger partial charge in [-0.1, -0.05) is 47.5 Å². The van der Waals surface area contributed by atoms with Crippen molar-refractivity contribution in [2.45, 2.75) is 6.92 Å². The Bertz CT molecular complexity index is 899. The molecule has 0 saturated carbocycles. The number of benzene rings is 3. The largest absolute Gasteiger partial charge is 0.398 e. The van der Waals surface area contributed by atoms with Gasteiger partial charge in [-0.3, -0.25) is 0 Å². The van der Waals surface area contributed by atoms with Crippen LogP contribution in [0.4, 0.5) is 11.4 Å². The molecule has 2 nitrogen and oxygen atoms in total. The molecule has 0 amide bonds. The third-order valence-corrected chi connectivity index (χ3v) is 4.81. The zero-order valence-corrected chi connectivity index (χ0v) is 16.0. The third kappa shape index (κ3) is 3.46. The molecule has 2 N–H and O–H groups in total. The summed E-state index contributed by atoms with van der Waals surface area (Å²) in [5.41, 5.74) is 13.8. The maximum absolute atomic E-state index is 6.45. The Morgan fingerprint density at radius 1 is 0.800 bits per heavy atom. The van der Waals surface area contributed by atoms with E-state index in [2.05, 4.69) is 11.8 Å². The maximum Gasteiger partial charge on any atom is 0.0478 e. The summed E-state index contributed by atoms with van der Waals surface area (Å²) in [6.07, 6.45) is 0. The van der Waals surface area contributed by atoms with Gasteiger partial charge in [-0.15, -0.1) is 0 Å². The van der Waals surface area contributed by atoms with Crippen LogP contribution < -0.4 is 10.6 Å². The quantitative estimate of drug-likeness (QED) is 0.549. The second-order valence-electron chi connectivity index (χ2n) is 6.27. The van der Waals surface area contributed by atoms with Gasteiger partial charge in [0.25, 0.3) is 0 Å². The number of halogens is 2. The minimum Gasteiger partial charge on any atom is -0.398 e. The molecule has 3 aromatic rings. The highest BCUT2D eigenvalue weighted by Crippen LogP contribution is 2.42. The van der Waals surface area contributed by atoms with Gasteiger partial charge in [-0.05, 0) is 53.9 Å². The molecule has 0 unspecified atom stereocenters. The van der Waals surface area contributed by atoms with Crippen molar-refractivity contribution in [1.82, 2.24) is 0 Å².